The van der Waals surface area contributed by atoms with Gasteiger partial charge in [-0.15, -0.1) is 11.3 Å². The van der Waals surface area contributed by atoms with Crippen LogP contribution >= 0.6 is 11.3 Å². The van der Waals surface area contributed by atoms with E-state index >= 15 is 0 Å². The number of anilines is 1. The quantitative estimate of drug-likeness (QED) is 0.559. The molecule has 7 nitrogen and oxygen atoms in total. The summed E-state index contributed by atoms with van der Waals surface area (Å²) in [4.78, 5) is 27.2. The number of thiophene rings is 1. The number of benzene rings is 1. The van der Waals surface area contributed by atoms with Gasteiger partial charge in [-0.25, -0.2) is 10.3 Å². The summed E-state index contributed by atoms with van der Waals surface area (Å²) in [5.74, 6) is -0.562. The second-order valence-electron chi connectivity index (χ2n) is 5.70. The minimum absolute atomic E-state index is 0.265. The fourth-order valence-corrected chi connectivity index (χ4v) is 3.85. The number of hydroxylamine groups is 1. The first-order valence-electron chi connectivity index (χ1n) is 7.84. The predicted molar refractivity (Wildman–Crippen MR) is 97.8 cm³/mol. The number of carbonyl (C=O) groups is 2. The summed E-state index contributed by atoms with van der Waals surface area (Å²) in [6, 6.07) is 10.1. The smallest absolute Gasteiger partial charge is 0.316 e. The molecule has 0 unspecified atom stereocenters. The van der Waals surface area contributed by atoms with Crippen molar-refractivity contribution < 1.29 is 14.8 Å². The summed E-state index contributed by atoms with van der Waals surface area (Å²) in [7, 11) is 0. The number of nitrogens with one attached hydrogen (secondary N) is 2. The Bertz CT molecular complexity index is 925. The van der Waals surface area contributed by atoms with E-state index in [4.69, 9.17) is 10.5 Å². The number of amides is 3. The van der Waals surface area contributed by atoms with Gasteiger partial charge in [-0.1, -0.05) is 6.08 Å². The molecule has 1 aliphatic heterocycles. The van der Waals surface area contributed by atoms with E-state index in [1.165, 1.54) is 11.3 Å². The van der Waals surface area contributed by atoms with Gasteiger partial charge >= 0.3 is 6.03 Å². The number of carbonyl (C=O) groups excluding carboxylic acids is 2. The molecule has 2 heterocycles. The normalized spacial score (nSPS) is 14.5. The molecule has 8 heteroatoms. The SMILES string of the molecule is C/C=C1/CN(C(=O)Nc2ccc(C#N)cc2)Cc2cc(C(=O)NO)sc21. The Morgan fingerprint density at radius 3 is 2.65 bits per heavy atom. The maximum absolute atomic E-state index is 12.6. The highest BCUT2D eigenvalue weighted by Gasteiger charge is 2.27. The average molecular weight is 368 g/mol. The van der Waals surface area contributed by atoms with Crippen molar-refractivity contribution in [1.82, 2.24) is 10.4 Å². The van der Waals surface area contributed by atoms with E-state index in [0.29, 0.717) is 29.2 Å². The number of nitriles is 1. The number of fused-ring (bicyclic) bond motifs is 1. The standard InChI is InChI=1S/C18H16N4O3S/c1-2-12-9-22(10-13-7-15(17(23)21-25)26-16(12)13)18(24)20-14-5-3-11(8-19)4-6-14/h2-7,25H,9-10H2,1H3,(H,20,24)(H,21,23)/b12-2-. The molecule has 2 aromatic rings. The molecule has 0 radical (unpaired) electrons. The molecule has 1 aromatic carbocycles. The number of allylic oxidation sites excluding steroid dienone is 1. The van der Waals surface area contributed by atoms with Crippen molar-refractivity contribution in [2.75, 3.05) is 11.9 Å². The van der Waals surface area contributed by atoms with Gasteiger partial charge in [0.25, 0.3) is 5.91 Å². The summed E-state index contributed by atoms with van der Waals surface area (Å²) in [5, 5.41) is 20.5. The Balaban J connectivity index is 1.79. The second kappa shape index (κ2) is 7.39. The lowest BCUT2D eigenvalue weighted by Crippen LogP contribution is -2.37. The van der Waals surface area contributed by atoms with Crippen LogP contribution in [0.2, 0.25) is 0 Å². The van der Waals surface area contributed by atoms with Crippen molar-refractivity contribution >= 4 is 34.5 Å². The summed E-state index contributed by atoms with van der Waals surface area (Å²) in [5.41, 5.74) is 4.57. The molecule has 0 spiro atoms. The van der Waals surface area contributed by atoms with Crippen LogP contribution in [0.3, 0.4) is 0 Å². The van der Waals surface area contributed by atoms with Crippen molar-refractivity contribution in [2.24, 2.45) is 0 Å². The van der Waals surface area contributed by atoms with E-state index in [0.717, 1.165) is 16.0 Å². The fraction of sp³-hybridized carbons (Fsp3) is 0.167. The number of hydrogen-bond donors (Lipinski definition) is 3. The van der Waals surface area contributed by atoms with Crippen molar-refractivity contribution in [3.8, 4) is 6.07 Å². The Morgan fingerprint density at radius 1 is 1.31 bits per heavy atom. The monoisotopic (exact) mass is 368 g/mol. The molecular weight excluding hydrogens is 352 g/mol. The van der Waals surface area contributed by atoms with Crippen LogP contribution in [0.5, 0.6) is 0 Å². The largest absolute Gasteiger partial charge is 0.322 e. The number of hydrogen-bond acceptors (Lipinski definition) is 5. The molecule has 0 fully saturated rings. The van der Waals surface area contributed by atoms with Crippen molar-refractivity contribution in [2.45, 2.75) is 13.5 Å². The minimum Gasteiger partial charge on any atom is -0.316 e. The van der Waals surface area contributed by atoms with E-state index < -0.39 is 5.91 Å². The second-order valence-corrected chi connectivity index (χ2v) is 6.75. The zero-order valence-electron chi connectivity index (χ0n) is 13.9. The van der Waals surface area contributed by atoms with Gasteiger partial charge < -0.3 is 10.2 Å². The van der Waals surface area contributed by atoms with Gasteiger partial charge in [-0.05, 0) is 48.4 Å². The maximum Gasteiger partial charge on any atom is 0.322 e. The molecule has 1 aromatic heterocycles. The van der Waals surface area contributed by atoms with E-state index in [1.807, 2.05) is 19.1 Å². The third kappa shape index (κ3) is 3.44. The molecule has 0 bridgehead atoms. The van der Waals surface area contributed by atoms with Gasteiger partial charge in [0.2, 0.25) is 0 Å². The van der Waals surface area contributed by atoms with Gasteiger partial charge in [0.05, 0.1) is 16.5 Å². The van der Waals surface area contributed by atoms with E-state index in [2.05, 4.69) is 5.32 Å². The van der Waals surface area contributed by atoms with E-state index in [-0.39, 0.29) is 6.03 Å². The lowest BCUT2D eigenvalue weighted by Gasteiger charge is -2.29. The minimum atomic E-state index is -0.562. The van der Waals surface area contributed by atoms with Crippen LogP contribution in [0.25, 0.3) is 5.57 Å². The van der Waals surface area contributed by atoms with Crippen molar-refractivity contribution in [1.29, 1.82) is 5.26 Å². The lowest BCUT2D eigenvalue weighted by molar-refractivity contribution is 0.0711. The molecule has 1 aliphatic rings. The van der Waals surface area contributed by atoms with Crippen LogP contribution in [-0.4, -0.2) is 28.6 Å². The molecule has 3 amide bonds. The van der Waals surface area contributed by atoms with Gasteiger partial charge in [0, 0.05) is 23.7 Å². The molecule has 0 saturated carbocycles. The summed E-state index contributed by atoms with van der Waals surface area (Å²) >= 11 is 1.29. The molecule has 0 atom stereocenters. The molecule has 3 N–H and O–H groups in total. The Hall–Kier alpha value is -3.15. The summed E-state index contributed by atoms with van der Waals surface area (Å²) in [6.45, 7) is 2.67. The zero-order chi connectivity index (χ0) is 18.7. The zero-order valence-corrected chi connectivity index (χ0v) is 14.8. The molecule has 26 heavy (non-hydrogen) atoms. The summed E-state index contributed by atoms with van der Waals surface area (Å²) < 4.78 is 0. The van der Waals surface area contributed by atoms with Crippen LogP contribution in [-0.2, 0) is 6.54 Å². The van der Waals surface area contributed by atoms with Gasteiger partial charge in [0.1, 0.15) is 0 Å². The topological polar surface area (TPSA) is 105 Å². The highest BCUT2D eigenvalue weighted by atomic mass is 32.1. The van der Waals surface area contributed by atoms with E-state index in [1.54, 1.807) is 40.7 Å². The van der Waals surface area contributed by atoms with Crippen LogP contribution in [0, 0.1) is 11.3 Å². The number of urea groups is 1. The molecule has 132 valence electrons. The highest BCUT2D eigenvalue weighted by molar-refractivity contribution is 7.15. The molecule has 0 aliphatic carbocycles. The van der Waals surface area contributed by atoms with Crippen molar-refractivity contribution in [3.05, 3.63) is 57.3 Å². The maximum atomic E-state index is 12.6. The van der Waals surface area contributed by atoms with E-state index in [9.17, 15) is 9.59 Å². The van der Waals surface area contributed by atoms with Gasteiger partial charge in [0.15, 0.2) is 0 Å². The number of nitrogens with zero attached hydrogens (tertiary/aromatic N) is 2. The van der Waals surface area contributed by atoms with Gasteiger partial charge in [-0.3, -0.25) is 10.0 Å². The highest BCUT2D eigenvalue weighted by Crippen LogP contribution is 2.35. The fourth-order valence-electron chi connectivity index (χ4n) is 2.72. The van der Waals surface area contributed by atoms with Crippen LogP contribution in [0.1, 0.15) is 32.6 Å². The van der Waals surface area contributed by atoms with Gasteiger partial charge in [-0.2, -0.15) is 5.26 Å². The van der Waals surface area contributed by atoms with Crippen LogP contribution < -0.4 is 10.8 Å². The lowest BCUT2D eigenvalue weighted by atomic mass is 10.0. The third-order valence-corrected chi connectivity index (χ3v) is 5.30. The average Bonchev–Trinajstić information content (AvgIpc) is 3.11. The Morgan fingerprint density at radius 2 is 2.04 bits per heavy atom. The first kappa shape index (κ1) is 17.7. The predicted octanol–water partition coefficient (Wildman–Crippen LogP) is 3.19. The first-order chi connectivity index (χ1) is 12.5. The van der Waals surface area contributed by atoms with Crippen molar-refractivity contribution in [3.63, 3.8) is 0 Å². The summed E-state index contributed by atoms with van der Waals surface area (Å²) in [6.07, 6.45) is 1.91. The molecule has 3 rings (SSSR count). The third-order valence-electron chi connectivity index (χ3n) is 4.05. The molecular formula is C18H16N4O3S. The van der Waals surface area contributed by atoms with Crippen LogP contribution in [0.4, 0.5) is 10.5 Å². The Labute approximate surface area is 154 Å². The Kier molecular flexibility index (Phi) is 5.02. The van der Waals surface area contributed by atoms with Crippen LogP contribution in [0.15, 0.2) is 36.4 Å². The number of rotatable bonds is 2. The molecule has 0 saturated heterocycles. The first-order valence-corrected chi connectivity index (χ1v) is 8.66.